The Hall–Kier alpha value is -3.16. The van der Waals surface area contributed by atoms with Crippen LogP contribution < -0.4 is 10.1 Å². The molecule has 0 saturated carbocycles. The number of ether oxygens (including phenoxy) is 1. The number of hydrogen-bond acceptors (Lipinski definition) is 4. The zero-order valence-corrected chi connectivity index (χ0v) is 17.0. The van der Waals surface area contributed by atoms with Gasteiger partial charge in [0.25, 0.3) is 5.91 Å². The molecule has 3 aromatic rings. The maximum Gasteiger partial charge on any atom is 0.262 e. The van der Waals surface area contributed by atoms with Gasteiger partial charge in [-0.15, -0.1) is 0 Å². The van der Waals surface area contributed by atoms with E-state index in [1.54, 1.807) is 24.3 Å². The number of rotatable bonds is 7. The van der Waals surface area contributed by atoms with Gasteiger partial charge in [0.15, 0.2) is 6.61 Å². The topological polar surface area (TPSA) is 75.7 Å². The molecule has 0 aliphatic heterocycles. The fraction of sp³-hybridized carbons (Fsp3) is 0.136. The molecule has 6 nitrogen and oxygen atoms in total. The molecule has 0 bridgehead atoms. The number of nitrogens with zero attached hydrogens (tertiary/aromatic N) is 1. The highest BCUT2D eigenvalue weighted by molar-refractivity contribution is 7.89. The fourth-order valence-corrected chi connectivity index (χ4v) is 3.61. The second kappa shape index (κ2) is 8.89. The van der Waals surface area contributed by atoms with Gasteiger partial charge in [-0.25, -0.2) is 12.7 Å². The number of carbonyl (C=O) groups is 1. The summed E-state index contributed by atoms with van der Waals surface area (Å²) in [5.41, 5.74) is 2.55. The number of anilines is 1. The molecule has 0 aromatic heterocycles. The number of sulfonamides is 1. The molecule has 0 radical (unpaired) electrons. The minimum Gasteiger partial charge on any atom is -0.484 e. The number of carbonyl (C=O) groups excluding carboxylic acids is 1. The van der Waals surface area contributed by atoms with Crippen molar-refractivity contribution in [2.45, 2.75) is 4.90 Å². The average Bonchev–Trinajstić information content (AvgIpc) is 2.73. The number of nitrogens with one attached hydrogen (secondary N) is 1. The summed E-state index contributed by atoms with van der Waals surface area (Å²) in [5.74, 6) is 0.195. The molecule has 0 unspecified atom stereocenters. The lowest BCUT2D eigenvalue weighted by Gasteiger charge is -2.13. The maximum absolute atomic E-state index is 12.2. The van der Waals surface area contributed by atoms with Gasteiger partial charge in [0, 0.05) is 19.8 Å². The minimum absolute atomic E-state index is 0.109. The number of benzene rings is 3. The molecule has 0 atom stereocenters. The highest BCUT2D eigenvalue weighted by Gasteiger charge is 2.17. The van der Waals surface area contributed by atoms with Crippen molar-refractivity contribution in [1.29, 1.82) is 0 Å². The summed E-state index contributed by atoms with van der Waals surface area (Å²) in [5, 5.41) is 2.65. The monoisotopic (exact) mass is 410 g/mol. The van der Waals surface area contributed by atoms with Crippen LogP contribution in [0.2, 0.25) is 0 Å². The summed E-state index contributed by atoms with van der Waals surface area (Å²) < 4.78 is 31.0. The highest BCUT2D eigenvalue weighted by Crippen LogP contribution is 2.22. The predicted molar refractivity (Wildman–Crippen MR) is 113 cm³/mol. The van der Waals surface area contributed by atoms with Gasteiger partial charge in [-0.05, 0) is 41.5 Å². The highest BCUT2D eigenvalue weighted by atomic mass is 32.2. The SMILES string of the molecule is CN(C)S(=O)(=O)c1cccc(NC(=O)COc2ccc(-c3ccccc3)cc2)c1. The van der Waals surface area contributed by atoms with Crippen LogP contribution in [0.3, 0.4) is 0 Å². The Kier molecular flexibility index (Phi) is 6.31. The molecule has 0 saturated heterocycles. The van der Waals surface area contributed by atoms with Gasteiger partial charge in [0.1, 0.15) is 5.75 Å². The largest absolute Gasteiger partial charge is 0.484 e. The second-order valence-electron chi connectivity index (χ2n) is 6.54. The molecule has 0 spiro atoms. The van der Waals surface area contributed by atoms with Crippen LogP contribution in [-0.2, 0) is 14.8 Å². The van der Waals surface area contributed by atoms with Crippen LogP contribution in [0.15, 0.2) is 83.8 Å². The molecular weight excluding hydrogens is 388 g/mol. The normalized spacial score (nSPS) is 11.3. The van der Waals surface area contributed by atoms with Crippen LogP contribution in [0.25, 0.3) is 11.1 Å². The van der Waals surface area contributed by atoms with Gasteiger partial charge < -0.3 is 10.1 Å². The predicted octanol–water partition coefficient (Wildman–Crippen LogP) is 3.62. The maximum atomic E-state index is 12.2. The fourth-order valence-electron chi connectivity index (χ4n) is 2.67. The lowest BCUT2D eigenvalue weighted by molar-refractivity contribution is -0.118. The van der Waals surface area contributed by atoms with E-state index in [-0.39, 0.29) is 17.4 Å². The van der Waals surface area contributed by atoms with E-state index in [2.05, 4.69) is 5.32 Å². The van der Waals surface area contributed by atoms with Crippen LogP contribution in [0, 0.1) is 0 Å². The third-order valence-electron chi connectivity index (χ3n) is 4.23. The zero-order valence-electron chi connectivity index (χ0n) is 16.2. The lowest BCUT2D eigenvalue weighted by Crippen LogP contribution is -2.23. The minimum atomic E-state index is -3.57. The van der Waals surface area contributed by atoms with Crippen LogP contribution in [0.1, 0.15) is 0 Å². The summed E-state index contributed by atoms with van der Waals surface area (Å²) in [6.45, 7) is -0.185. The van der Waals surface area contributed by atoms with E-state index in [0.29, 0.717) is 11.4 Å². The zero-order chi connectivity index (χ0) is 20.9. The lowest BCUT2D eigenvalue weighted by atomic mass is 10.1. The Morgan fingerprint density at radius 1 is 0.897 bits per heavy atom. The summed E-state index contributed by atoms with van der Waals surface area (Å²) >= 11 is 0. The standard InChI is InChI=1S/C22H22N2O4S/c1-24(2)29(26,27)21-10-6-9-19(15-21)23-22(25)16-28-20-13-11-18(12-14-20)17-7-4-3-5-8-17/h3-15H,16H2,1-2H3,(H,23,25). The van der Waals surface area contributed by atoms with Crippen molar-refractivity contribution in [3.8, 4) is 16.9 Å². The molecule has 1 amide bonds. The van der Waals surface area contributed by atoms with E-state index >= 15 is 0 Å². The van der Waals surface area contributed by atoms with E-state index in [4.69, 9.17) is 4.74 Å². The smallest absolute Gasteiger partial charge is 0.262 e. The average molecular weight is 410 g/mol. The third-order valence-corrected chi connectivity index (χ3v) is 6.04. The van der Waals surface area contributed by atoms with Gasteiger partial charge in [0.2, 0.25) is 10.0 Å². The van der Waals surface area contributed by atoms with Crippen LogP contribution >= 0.6 is 0 Å². The number of hydrogen-bond donors (Lipinski definition) is 1. The van der Waals surface area contributed by atoms with Gasteiger partial charge in [0.05, 0.1) is 4.90 Å². The molecule has 3 aromatic carbocycles. The Bertz CT molecular complexity index is 1080. The van der Waals surface area contributed by atoms with Gasteiger partial charge in [-0.1, -0.05) is 48.5 Å². The molecule has 0 aliphatic rings. The van der Waals surface area contributed by atoms with E-state index in [1.165, 1.54) is 26.2 Å². The molecule has 7 heteroatoms. The Morgan fingerprint density at radius 3 is 2.21 bits per heavy atom. The molecule has 0 heterocycles. The summed E-state index contributed by atoms with van der Waals surface area (Å²) in [6.07, 6.45) is 0. The van der Waals surface area contributed by atoms with Gasteiger partial charge >= 0.3 is 0 Å². The van der Waals surface area contributed by atoms with Crippen molar-refractivity contribution < 1.29 is 17.9 Å². The molecule has 0 fully saturated rings. The molecule has 150 valence electrons. The van der Waals surface area contributed by atoms with Crippen molar-refractivity contribution in [3.63, 3.8) is 0 Å². The van der Waals surface area contributed by atoms with Gasteiger partial charge in [-0.3, -0.25) is 4.79 Å². The summed E-state index contributed by atoms with van der Waals surface area (Å²) in [6, 6.07) is 23.5. The van der Waals surface area contributed by atoms with E-state index in [9.17, 15) is 13.2 Å². The van der Waals surface area contributed by atoms with E-state index in [0.717, 1.165) is 15.4 Å². The molecule has 29 heavy (non-hydrogen) atoms. The Labute approximate surface area is 170 Å². The Morgan fingerprint density at radius 2 is 1.55 bits per heavy atom. The van der Waals surface area contributed by atoms with Crippen molar-refractivity contribution in [2.24, 2.45) is 0 Å². The quantitative estimate of drug-likeness (QED) is 0.645. The van der Waals surface area contributed by atoms with E-state index < -0.39 is 10.0 Å². The first-order valence-corrected chi connectivity index (χ1v) is 10.4. The number of amides is 1. The third kappa shape index (κ3) is 5.22. The van der Waals surface area contributed by atoms with Crippen LogP contribution in [0.5, 0.6) is 5.75 Å². The van der Waals surface area contributed by atoms with Crippen molar-refractivity contribution >= 4 is 21.6 Å². The Balaban J connectivity index is 1.59. The van der Waals surface area contributed by atoms with Crippen molar-refractivity contribution in [2.75, 3.05) is 26.0 Å². The first-order chi connectivity index (χ1) is 13.9. The van der Waals surface area contributed by atoms with Crippen LogP contribution in [0.4, 0.5) is 5.69 Å². The molecule has 3 rings (SSSR count). The van der Waals surface area contributed by atoms with Gasteiger partial charge in [-0.2, -0.15) is 0 Å². The second-order valence-corrected chi connectivity index (χ2v) is 8.69. The first kappa shape index (κ1) is 20.6. The van der Waals surface area contributed by atoms with Crippen molar-refractivity contribution in [1.82, 2.24) is 4.31 Å². The van der Waals surface area contributed by atoms with Crippen LogP contribution in [-0.4, -0.2) is 39.3 Å². The summed E-state index contributed by atoms with van der Waals surface area (Å²) in [7, 11) is -0.655. The molecule has 1 N–H and O–H groups in total. The first-order valence-electron chi connectivity index (χ1n) is 8.97. The summed E-state index contributed by atoms with van der Waals surface area (Å²) in [4.78, 5) is 12.3. The molecule has 0 aliphatic carbocycles. The van der Waals surface area contributed by atoms with Crippen molar-refractivity contribution in [3.05, 3.63) is 78.9 Å². The molecular formula is C22H22N2O4S. The van der Waals surface area contributed by atoms with E-state index in [1.807, 2.05) is 42.5 Å².